The van der Waals surface area contributed by atoms with Crippen molar-refractivity contribution in [3.8, 4) is 0 Å². The van der Waals surface area contributed by atoms with Gasteiger partial charge in [0.05, 0.1) is 10.8 Å². The van der Waals surface area contributed by atoms with Crippen LogP contribution in [-0.4, -0.2) is 43.2 Å². The second-order valence-electron chi connectivity index (χ2n) is 5.44. The number of carbonyl (C=O) groups is 1. The van der Waals surface area contributed by atoms with E-state index in [2.05, 4.69) is 5.32 Å². The van der Waals surface area contributed by atoms with Gasteiger partial charge in [-0.05, 0) is 50.9 Å². The summed E-state index contributed by atoms with van der Waals surface area (Å²) in [6, 6.07) is 7.68. The minimum Gasteiger partial charge on any atom is -0.342 e. The lowest BCUT2D eigenvalue weighted by atomic mass is 9.93. The Bertz CT molecular complexity index is 461. The topological polar surface area (TPSA) is 32.3 Å². The molecule has 2 rings (SSSR count). The Balaban J connectivity index is 1.74. The Morgan fingerprint density at radius 2 is 2.10 bits per heavy atom. The van der Waals surface area contributed by atoms with Gasteiger partial charge in [-0.15, -0.1) is 11.8 Å². The van der Waals surface area contributed by atoms with E-state index in [4.69, 9.17) is 11.6 Å². The van der Waals surface area contributed by atoms with Gasteiger partial charge < -0.3 is 10.2 Å². The first-order chi connectivity index (χ1) is 10.2. The maximum Gasteiger partial charge on any atom is 0.232 e. The second kappa shape index (κ2) is 8.66. The Kier molecular flexibility index (Phi) is 6.87. The first-order valence-electron chi connectivity index (χ1n) is 7.50. The molecule has 1 aliphatic heterocycles. The number of hydrogen-bond donors (Lipinski definition) is 1. The quantitative estimate of drug-likeness (QED) is 0.814. The number of nitrogens with zero attached hydrogens (tertiary/aromatic N) is 1. The van der Waals surface area contributed by atoms with Gasteiger partial charge in [0.2, 0.25) is 5.91 Å². The van der Waals surface area contributed by atoms with Crippen LogP contribution in [0.4, 0.5) is 0 Å². The second-order valence-corrected chi connectivity index (χ2v) is 6.86. The van der Waals surface area contributed by atoms with Crippen molar-refractivity contribution in [1.82, 2.24) is 10.2 Å². The fourth-order valence-corrected chi connectivity index (χ4v) is 3.75. The van der Waals surface area contributed by atoms with Crippen LogP contribution in [0.25, 0.3) is 0 Å². The molecule has 1 aromatic rings. The molecule has 5 heteroatoms. The number of piperidine rings is 1. The summed E-state index contributed by atoms with van der Waals surface area (Å²) >= 11 is 7.64. The molecule has 0 radical (unpaired) electrons. The van der Waals surface area contributed by atoms with Crippen LogP contribution in [0.1, 0.15) is 19.3 Å². The van der Waals surface area contributed by atoms with Crippen molar-refractivity contribution in [3.63, 3.8) is 0 Å². The fourth-order valence-electron chi connectivity index (χ4n) is 2.61. The van der Waals surface area contributed by atoms with Crippen LogP contribution in [0.2, 0.25) is 5.02 Å². The fraction of sp³-hybridized carbons (Fsp3) is 0.562. The number of thioether (sulfide) groups is 1. The van der Waals surface area contributed by atoms with E-state index in [0.717, 1.165) is 48.3 Å². The van der Waals surface area contributed by atoms with Gasteiger partial charge in [-0.2, -0.15) is 0 Å². The minimum atomic E-state index is 0.229. The van der Waals surface area contributed by atoms with Crippen molar-refractivity contribution in [2.24, 2.45) is 5.92 Å². The number of halogens is 1. The molecule has 0 aromatic heterocycles. The van der Waals surface area contributed by atoms with Gasteiger partial charge in [0, 0.05) is 18.0 Å². The van der Waals surface area contributed by atoms with Crippen LogP contribution in [0, 0.1) is 5.92 Å². The molecule has 0 spiro atoms. The van der Waals surface area contributed by atoms with Gasteiger partial charge in [0.25, 0.3) is 0 Å². The molecule has 1 aliphatic rings. The monoisotopic (exact) mass is 326 g/mol. The predicted octanol–water partition coefficient (Wildman–Crippen LogP) is 3.28. The zero-order valence-electron chi connectivity index (χ0n) is 12.5. The molecule has 3 nitrogen and oxygen atoms in total. The SMILES string of the molecule is CNCCC1CCN(C(=O)CSc2ccccc2Cl)CC1. The standard InChI is InChI=1S/C16H23ClN2OS/c1-18-9-6-13-7-10-19(11-8-13)16(20)12-21-15-5-3-2-4-14(15)17/h2-5,13,18H,6-12H2,1H3. The van der Waals surface area contributed by atoms with Crippen LogP contribution >= 0.6 is 23.4 Å². The van der Waals surface area contributed by atoms with Crippen LogP contribution in [0.3, 0.4) is 0 Å². The number of amides is 1. The van der Waals surface area contributed by atoms with E-state index < -0.39 is 0 Å². The summed E-state index contributed by atoms with van der Waals surface area (Å²) in [7, 11) is 1.99. The summed E-state index contributed by atoms with van der Waals surface area (Å²) < 4.78 is 0. The Morgan fingerprint density at radius 3 is 2.76 bits per heavy atom. The van der Waals surface area contributed by atoms with Crippen LogP contribution in [0.5, 0.6) is 0 Å². The molecule has 0 bridgehead atoms. The lowest BCUT2D eigenvalue weighted by molar-refractivity contribution is -0.129. The van der Waals surface area contributed by atoms with Crippen molar-refractivity contribution in [3.05, 3.63) is 29.3 Å². The maximum atomic E-state index is 12.3. The first-order valence-corrected chi connectivity index (χ1v) is 8.86. The molecule has 1 amide bonds. The molecular formula is C16H23ClN2OS. The summed E-state index contributed by atoms with van der Waals surface area (Å²) in [5.74, 6) is 1.47. The average Bonchev–Trinajstić information content (AvgIpc) is 2.52. The average molecular weight is 327 g/mol. The van der Waals surface area contributed by atoms with E-state index in [-0.39, 0.29) is 5.91 Å². The van der Waals surface area contributed by atoms with E-state index in [1.165, 1.54) is 18.2 Å². The molecular weight excluding hydrogens is 304 g/mol. The number of likely N-dealkylation sites (tertiary alicyclic amines) is 1. The lowest BCUT2D eigenvalue weighted by Crippen LogP contribution is -2.39. The smallest absolute Gasteiger partial charge is 0.232 e. The van der Waals surface area contributed by atoms with Crippen LogP contribution < -0.4 is 5.32 Å². The Morgan fingerprint density at radius 1 is 1.38 bits per heavy atom. The molecule has 21 heavy (non-hydrogen) atoms. The number of nitrogens with one attached hydrogen (secondary N) is 1. The molecule has 1 fully saturated rings. The molecule has 1 N–H and O–H groups in total. The van der Waals surface area contributed by atoms with Crippen molar-refractivity contribution < 1.29 is 4.79 Å². The third-order valence-corrected chi connectivity index (χ3v) is 5.46. The number of carbonyl (C=O) groups excluding carboxylic acids is 1. The van der Waals surface area contributed by atoms with Crippen molar-refractivity contribution in [1.29, 1.82) is 0 Å². The third kappa shape index (κ3) is 5.20. The molecule has 0 saturated carbocycles. The lowest BCUT2D eigenvalue weighted by Gasteiger charge is -2.32. The highest BCUT2D eigenvalue weighted by molar-refractivity contribution is 8.00. The summed E-state index contributed by atoms with van der Waals surface area (Å²) in [4.78, 5) is 15.2. The van der Waals surface area contributed by atoms with Crippen molar-refractivity contribution in [2.75, 3.05) is 32.4 Å². The van der Waals surface area contributed by atoms with Gasteiger partial charge >= 0.3 is 0 Å². The summed E-state index contributed by atoms with van der Waals surface area (Å²) in [5.41, 5.74) is 0. The molecule has 0 atom stereocenters. The Hall–Kier alpha value is -0.710. The number of benzene rings is 1. The van der Waals surface area contributed by atoms with Gasteiger partial charge in [-0.3, -0.25) is 4.79 Å². The summed E-state index contributed by atoms with van der Waals surface area (Å²) in [6.07, 6.45) is 3.47. The molecule has 1 saturated heterocycles. The predicted molar refractivity (Wildman–Crippen MR) is 90.0 cm³/mol. The largest absolute Gasteiger partial charge is 0.342 e. The maximum absolute atomic E-state index is 12.3. The van der Waals surface area contributed by atoms with E-state index in [1.807, 2.05) is 36.2 Å². The molecule has 116 valence electrons. The van der Waals surface area contributed by atoms with Crippen molar-refractivity contribution >= 4 is 29.3 Å². The Labute approximate surface area is 136 Å². The van der Waals surface area contributed by atoms with E-state index in [0.29, 0.717) is 5.75 Å². The highest BCUT2D eigenvalue weighted by Crippen LogP contribution is 2.27. The highest BCUT2D eigenvalue weighted by atomic mass is 35.5. The highest BCUT2D eigenvalue weighted by Gasteiger charge is 2.22. The molecule has 0 aliphatic carbocycles. The first kappa shape index (κ1) is 16.7. The van der Waals surface area contributed by atoms with Crippen LogP contribution in [0.15, 0.2) is 29.2 Å². The molecule has 1 aromatic carbocycles. The third-order valence-electron chi connectivity index (χ3n) is 3.96. The van der Waals surface area contributed by atoms with Gasteiger partial charge in [-0.25, -0.2) is 0 Å². The van der Waals surface area contributed by atoms with Gasteiger partial charge in [0.1, 0.15) is 0 Å². The summed E-state index contributed by atoms with van der Waals surface area (Å²) in [6.45, 7) is 2.87. The van der Waals surface area contributed by atoms with Gasteiger partial charge in [-0.1, -0.05) is 23.7 Å². The molecule has 1 heterocycles. The number of rotatable bonds is 6. The normalized spacial score (nSPS) is 16.2. The molecule has 0 unspecified atom stereocenters. The van der Waals surface area contributed by atoms with E-state index in [9.17, 15) is 4.79 Å². The minimum absolute atomic E-state index is 0.229. The van der Waals surface area contributed by atoms with E-state index >= 15 is 0 Å². The number of hydrogen-bond acceptors (Lipinski definition) is 3. The summed E-state index contributed by atoms with van der Waals surface area (Å²) in [5, 5.41) is 3.92. The van der Waals surface area contributed by atoms with Gasteiger partial charge in [0.15, 0.2) is 0 Å². The zero-order valence-corrected chi connectivity index (χ0v) is 14.1. The zero-order chi connectivity index (χ0) is 15.1. The van der Waals surface area contributed by atoms with Crippen molar-refractivity contribution in [2.45, 2.75) is 24.2 Å². The van der Waals surface area contributed by atoms with Crippen LogP contribution in [-0.2, 0) is 4.79 Å². The van der Waals surface area contributed by atoms with E-state index in [1.54, 1.807) is 0 Å².